The molecule has 3 rings (SSSR count). The van der Waals surface area contributed by atoms with Crippen LogP contribution in [0, 0.1) is 0 Å². The van der Waals surface area contributed by atoms with E-state index in [0.29, 0.717) is 12.3 Å². The second kappa shape index (κ2) is 5.09. The van der Waals surface area contributed by atoms with Crippen molar-refractivity contribution in [1.29, 1.82) is 0 Å². The normalized spacial score (nSPS) is 10.6. The van der Waals surface area contributed by atoms with Crippen LogP contribution in [0.15, 0.2) is 59.2 Å². The van der Waals surface area contributed by atoms with E-state index in [-0.39, 0.29) is 5.56 Å². The van der Waals surface area contributed by atoms with Gasteiger partial charge in [0.1, 0.15) is 12.0 Å². The molecule has 0 aliphatic heterocycles. The molecule has 0 amide bonds. The Balaban J connectivity index is 1.81. The van der Waals surface area contributed by atoms with Crippen molar-refractivity contribution in [3.8, 4) is 0 Å². The number of rotatable bonds is 4. The molecule has 0 bridgehead atoms. The Morgan fingerprint density at radius 3 is 2.75 bits per heavy atom. The van der Waals surface area contributed by atoms with Gasteiger partial charge in [-0.15, -0.1) is 0 Å². The van der Waals surface area contributed by atoms with Crippen LogP contribution < -0.4 is 5.32 Å². The predicted octanol–water partition coefficient (Wildman–Crippen LogP) is 3.74. The number of carboxylic acid groups (broad SMARTS) is 1. The SMILES string of the molecule is O=C(O)c1coc(CNc2cccc3ccccc23)c1. The zero-order valence-electron chi connectivity index (χ0n) is 10.7. The van der Waals surface area contributed by atoms with Crippen LogP contribution in [0.25, 0.3) is 10.8 Å². The van der Waals surface area contributed by atoms with Gasteiger partial charge in [0.25, 0.3) is 0 Å². The topological polar surface area (TPSA) is 62.5 Å². The fraction of sp³-hybridized carbons (Fsp3) is 0.0625. The summed E-state index contributed by atoms with van der Waals surface area (Å²) in [6.45, 7) is 0.446. The number of hydrogen-bond donors (Lipinski definition) is 2. The molecule has 0 radical (unpaired) electrons. The monoisotopic (exact) mass is 267 g/mol. The van der Waals surface area contributed by atoms with Crippen molar-refractivity contribution in [3.63, 3.8) is 0 Å². The second-order valence-electron chi connectivity index (χ2n) is 4.49. The van der Waals surface area contributed by atoms with Gasteiger partial charge in [-0.05, 0) is 17.5 Å². The third-order valence-corrected chi connectivity index (χ3v) is 3.14. The van der Waals surface area contributed by atoms with Crippen molar-refractivity contribution in [3.05, 3.63) is 66.1 Å². The highest BCUT2D eigenvalue weighted by Gasteiger charge is 2.08. The highest BCUT2D eigenvalue weighted by Crippen LogP contribution is 2.23. The molecule has 20 heavy (non-hydrogen) atoms. The molecule has 2 aromatic carbocycles. The minimum absolute atomic E-state index is 0.166. The highest BCUT2D eigenvalue weighted by atomic mass is 16.4. The molecule has 4 heteroatoms. The lowest BCUT2D eigenvalue weighted by Crippen LogP contribution is -1.99. The summed E-state index contributed by atoms with van der Waals surface area (Å²) in [5.41, 5.74) is 1.16. The zero-order valence-corrected chi connectivity index (χ0v) is 10.7. The first kappa shape index (κ1) is 12.3. The molecule has 0 fully saturated rings. The fourth-order valence-corrected chi connectivity index (χ4v) is 2.15. The molecule has 0 aliphatic rings. The summed E-state index contributed by atoms with van der Waals surface area (Å²) in [7, 11) is 0. The Bertz CT molecular complexity index is 756. The Morgan fingerprint density at radius 1 is 1.15 bits per heavy atom. The second-order valence-corrected chi connectivity index (χ2v) is 4.49. The molecular formula is C16H13NO3. The molecule has 0 atom stereocenters. The number of anilines is 1. The van der Waals surface area contributed by atoms with Crippen LogP contribution in [0.4, 0.5) is 5.69 Å². The number of carbonyl (C=O) groups is 1. The van der Waals surface area contributed by atoms with Crippen LogP contribution in [0.2, 0.25) is 0 Å². The predicted molar refractivity (Wildman–Crippen MR) is 76.9 cm³/mol. The van der Waals surface area contributed by atoms with E-state index in [2.05, 4.69) is 17.4 Å². The van der Waals surface area contributed by atoms with Gasteiger partial charge in [0.2, 0.25) is 0 Å². The van der Waals surface area contributed by atoms with E-state index in [1.165, 1.54) is 12.3 Å². The van der Waals surface area contributed by atoms with Crippen molar-refractivity contribution < 1.29 is 14.3 Å². The maximum Gasteiger partial charge on any atom is 0.338 e. The summed E-state index contributed by atoms with van der Waals surface area (Å²) < 4.78 is 5.22. The number of hydrogen-bond acceptors (Lipinski definition) is 3. The number of fused-ring (bicyclic) bond motifs is 1. The van der Waals surface area contributed by atoms with Crippen LogP contribution in [-0.4, -0.2) is 11.1 Å². The van der Waals surface area contributed by atoms with Gasteiger partial charge in [-0.2, -0.15) is 0 Å². The molecule has 0 saturated carbocycles. The Morgan fingerprint density at radius 2 is 1.95 bits per heavy atom. The van der Waals surface area contributed by atoms with E-state index in [1.54, 1.807) is 0 Å². The Kier molecular flexibility index (Phi) is 3.13. The lowest BCUT2D eigenvalue weighted by atomic mass is 10.1. The van der Waals surface area contributed by atoms with Crippen LogP contribution >= 0.6 is 0 Å². The van der Waals surface area contributed by atoms with E-state index in [9.17, 15) is 4.79 Å². The minimum Gasteiger partial charge on any atom is -0.478 e. The number of benzene rings is 2. The van der Waals surface area contributed by atoms with Crippen molar-refractivity contribution >= 4 is 22.4 Å². The lowest BCUT2D eigenvalue weighted by Gasteiger charge is -2.08. The van der Waals surface area contributed by atoms with Crippen molar-refractivity contribution in [2.24, 2.45) is 0 Å². The fourth-order valence-electron chi connectivity index (χ4n) is 2.15. The van der Waals surface area contributed by atoms with E-state index < -0.39 is 5.97 Å². The van der Waals surface area contributed by atoms with Gasteiger partial charge in [0, 0.05) is 11.1 Å². The molecule has 2 N–H and O–H groups in total. The largest absolute Gasteiger partial charge is 0.478 e. The van der Waals surface area contributed by atoms with E-state index in [0.717, 1.165) is 16.5 Å². The molecule has 100 valence electrons. The number of furan rings is 1. The van der Waals surface area contributed by atoms with Crippen molar-refractivity contribution in [2.75, 3.05) is 5.32 Å². The summed E-state index contributed by atoms with van der Waals surface area (Å²) in [4.78, 5) is 10.8. The molecule has 1 aromatic heterocycles. The smallest absolute Gasteiger partial charge is 0.338 e. The first-order valence-corrected chi connectivity index (χ1v) is 6.26. The summed E-state index contributed by atoms with van der Waals surface area (Å²) in [5, 5.41) is 14.4. The average molecular weight is 267 g/mol. The maximum atomic E-state index is 10.8. The molecule has 1 heterocycles. The van der Waals surface area contributed by atoms with E-state index in [1.807, 2.05) is 30.3 Å². The van der Waals surface area contributed by atoms with Crippen LogP contribution in [0.3, 0.4) is 0 Å². The van der Waals surface area contributed by atoms with E-state index >= 15 is 0 Å². The van der Waals surface area contributed by atoms with Gasteiger partial charge >= 0.3 is 5.97 Å². The quantitative estimate of drug-likeness (QED) is 0.755. The molecule has 0 spiro atoms. The molecule has 3 aromatic rings. The van der Waals surface area contributed by atoms with Crippen LogP contribution in [0.1, 0.15) is 16.1 Å². The standard InChI is InChI=1S/C16H13NO3/c18-16(19)12-8-13(20-10-12)9-17-15-7-3-5-11-4-1-2-6-14(11)15/h1-8,10,17H,9H2,(H,18,19). The number of carboxylic acids is 1. The van der Waals surface area contributed by atoms with Gasteiger partial charge in [-0.1, -0.05) is 36.4 Å². The maximum absolute atomic E-state index is 10.8. The average Bonchev–Trinajstić information content (AvgIpc) is 2.94. The van der Waals surface area contributed by atoms with Gasteiger partial charge in [0.15, 0.2) is 0 Å². The first-order valence-electron chi connectivity index (χ1n) is 6.26. The summed E-state index contributed by atoms with van der Waals surface area (Å²) in [6.07, 6.45) is 1.25. The molecule has 0 aliphatic carbocycles. The van der Waals surface area contributed by atoms with Gasteiger partial charge < -0.3 is 14.8 Å². The summed E-state index contributed by atoms with van der Waals surface area (Å²) >= 11 is 0. The van der Waals surface area contributed by atoms with Crippen LogP contribution in [-0.2, 0) is 6.54 Å². The van der Waals surface area contributed by atoms with Gasteiger partial charge in [-0.25, -0.2) is 4.79 Å². The highest BCUT2D eigenvalue weighted by molar-refractivity contribution is 5.93. The molecule has 0 unspecified atom stereocenters. The van der Waals surface area contributed by atoms with Gasteiger partial charge in [-0.3, -0.25) is 0 Å². The third-order valence-electron chi connectivity index (χ3n) is 3.14. The molecule has 0 saturated heterocycles. The molecular weight excluding hydrogens is 254 g/mol. The summed E-state index contributed by atoms with van der Waals surface area (Å²) in [5.74, 6) is -0.388. The Labute approximate surface area is 115 Å². The Hall–Kier alpha value is -2.75. The van der Waals surface area contributed by atoms with Crippen LogP contribution in [0.5, 0.6) is 0 Å². The van der Waals surface area contributed by atoms with Gasteiger partial charge in [0.05, 0.1) is 12.1 Å². The lowest BCUT2D eigenvalue weighted by molar-refractivity contribution is 0.0696. The van der Waals surface area contributed by atoms with Crippen molar-refractivity contribution in [1.82, 2.24) is 0 Å². The first-order chi connectivity index (χ1) is 9.74. The summed E-state index contributed by atoms with van der Waals surface area (Å²) in [6, 6.07) is 15.6. The van der Waals surface area contributed by atoms with E-state index in [4.69, 9.17) is 9.52 Å². The number of nitrogens with one attached hydrogen (secondary N) is 1. The third kappa shape index (κ3) is 2.36. The van der Waals surface area contributed by atoms with Crippen molar-refractivity contribution in [2.45, 2.75) is 6.54 Å². The minimum atomic E-state index is -0.981. The molecule has 4 nitrogen and oxygen atoms in total. The zero-order chi connectivity index (χ0) is 13.9. The number of aromatic carboxylic acids is 1.